The molecule has 1 aromatic rings. The molecule has 0 atom stereocenters. The van der Waals surface area contributed by atoms with Crippen LogP contribution in [0.15, 0.2) is 29.2 Å². The zero-order chi connectivity index (χ0) is 11.6. The van der Waals surface area contributed by atoms with E-state index in [0.29, 0.717) is 0 Å². The molecule has 0 heterocycles. The number of hydrogen-bond donors (Lipinski definition) is 1. The topological polar surface area (TPSA) is 35.2 Å². The van der Waals surface area contributed by atoms with E-state index in [1.54, 1.807) is 11.8 Å². The maximum atomic E-state index is 5.76. The zero-order valence-electron chi connectivity index (χ0n) is 9.95. The molecule has 0 bridgehead atoms. The van der Waals surface area contributed by atoms with Crippen LogP contribution in [0.1, 0.15) is 25.7 Å². The summed E-state index contributed by atoms with van der Waals surface area (Å²) in [6.07, 6.45) is 6.73. The third-order valence-electron chi connectivity index (χ3n) is 2.43. The monoisotopic (exact) mass is 239 g/mol. The van der Waals surface area contributed by atoms with E-state index in [1.165, 1.54) is 17.7 Å². The average molecular weight is 239 g/mol. The van der Waals surface area contributed by atoms with E-state index >= 15 is 0 Å². The molecule has 0 radical (unpaired) electrons. The molecule has 0 aliphatic heterocycles. The second kappa shape index (κ2) is 8.48. The van der Waals surface area contributed by atoms with Crippen LogP contribution in [-0.4, -0.2) is 19.4 Å². The first-order valence-electron chi connectivity index (χ1n) is 5.84. The van der Waals surface area contributed by atoms with E-state index in [-0.39, 0.29) is 0 Å². The lowest BCUT2D eigenvalue weighted by molar-refractivity contribution is 0.298. The van der Waals surface area contributed by atoms with E-state index in [1.807, 2.05) is 18.2 Å². The Balaban J connectivity index is 2.21. The quantitative estimate of drug-likeness (QED) is 0.558. The van der Waals surface area contributed by atoms with Crippen LogP contribution in [0.25, 0.3) is 0 Å². The number of nitrogens with two attached hydrogens (primary N) is 1. The lowest BCUT2D eigenvalue weighted by atomic mass is 10.2. The van der Waals surface area contributed by atoms with E-state index in [9.17, 15) is 0 Å². The minimum Gasteiger partial charge on any atom is -0.492 e. The van der Waals surface area contributed by atoms with Crippen LogP contribution in [0, 0.1) is 0 Å². The largest absolute Gasteiger partial charge is 0.492 e. The molecule has 0 unspecified atom stereocenters. The van der Waals surface area contributed by atoms with Gasteiger partial charge in [-0.1, -0.05) is 25.0 Å². The molecule has 1 aromatic carbocycles. The molecule has 0 aliphatic rings. The number of rotatable bonds is 8. The molecule has 90 valence electrons. The van der Waals surface area contributed by atoms with Gasteiger partial charge in [0, 0.05) is 4.90 Å². The summed E-state index contributed by atoms with van der Waals surface area (Å²) in [6.45, 7) is 1.61. The van der Waals surface area contributed by atoms with Gasteiger partial charge in [0.05, 0.1) is 6.61 Å². The van der Waals surface area contributed by atoms with Crippen molar-refractivity contribution in [2.75, 3.05) is 19.4 Å². The van der Waals surface area contributed by atoms with Gasteiger partial charge >= 0.3 is 0 Å². The lowest BCUT2D eigenvalue weighted by Gasteiger charge is -2.09. The number of hydrogen-bond acceptors (Lipinski definition) is 3. The van der Waals surface area contributed by atoms with E-state index in [0.717, 1.165) is 31.7 Å². The molecule has 3 heteroatoms. The van der Waals surface area contributed by atoms with E-state index in [2.05, 4.69) is 12.3 Å². The Morgan fingerprint density at radius 1 is 1.12 bits per heavy atom. The maximum absolute atomic E-state index is 5.76. The molecule has 0 amide bonds. The molecule has 16 heavy (non-hydrogen) atoms. The number of ether oxygens (including phenoxy) is 1. The summed E-state index contributed by atoms with van der Waals surface area (Å²) in [5.74, 6) is 1.01. The highest BCUT2D eigenvalue weighted by molar-refractivity contribution is 7.98. The molecule has 0 aliphatic carbocycles. The summed E-state index contributed by atoms with van der Waals surface area (Å²) in [6, 6.07) is 8.18. The highest BCUT2D eigenvalue weighted by atomic mass is 32.2. The number of para-hydroxylation sites is 1. The van der Waals surface area contributed by atoms with Gasteiger partial charge in [-0.15, -0.1) is 11.8 Å². The first-order valence-corrected chi connectivity index (χ1v) is 7.07. The smallest absolute Gasteiger partial charge is 0.132 e. The summed E-state index contributed by atoms with van der Waals surface area (Å²) < 4.78 is 5.76. The van der Waals surface area contributed by atoms with Crippen molar-refractivity contribution in [1.29, 1.82) is 0 Å². The predicted octanol–water partition coefficient (Wildman–Crippen LogP) is 3.31. The van der Waals surface area contributed by atoms with Crippen molar-refractivity contribution in [2.45, 2.75) is 30.6 Å². The van der Waals surface area contributed by atoms with Crippen LogP contribution >= 0.6 is 11.8 Å². The van der Waals surface area contributed by atoms with Crippen LogP contribution in [0.3, 0.4) is 0 Å². The molecule has 1 rings (SSSR count). The van der Waals surface area contributed by atoms with Gasteiger partial charge < -0.3 is 10.5 Å². The third-order valence-corrected chi connectivity index (χ3v) is 3.20. The number of unbranched alkanes of at least 4 members (excludes halogenated alkanes) is 3. The van der Waals surface area contributed by atoms with E-state index < -0.39 is 0 Å². The molecule has 0 aromatic heterocycles. The summed E-state index contributed by atoms with van der Waals surface area (Å²) in [5.41, 5.74) is 5.44. The standard InChI is InChI=1S/C13H21NOS/c1-16-13-9-5-4-8-12(13)15-11-7-3-2-6-10-14/h4-5,8-9H,2-3,6-7,10-11,14H2,1H3. The van der Waals surface area contributed by atoms with Crippen molar-refractivity contribution in [3.63, 3.8) is 0 Å². The van der Waals surface area contributed by atoms with Crippen LogP contribution in [0.5, 0.6) is 5.75 Å². The predicted molar refractivity (Wildman–Crippen MR) is 71.2 cm³/mol. The Kier molecular flexibility index (Phi) is 7.10. The van der Waals surface area contributed by atoms with Crippen molar-refractivity contribution in [2.24, 2.45) is 5.73 Å². The molecule has 2 N–H and O–H groups in total. The molecular weight excluding hydrogens is 218 g/mol. The van der Waals surface area contributed by atoms with Gasteiger partial charge in [0.15, 0.2) is 0 Å². The van der Waals surface area contributed by atoms with Crippen molar-refractivity contribution >= 4 is 11.8 Å². The van der Waals surface area contributed by atoms with Crippen LogP contribution in [0.2, 0.25) is 0 Å². The highest BCUT2D eigenvalue weighted by Crippen LogP contribution is 2.26. The van der Waals surface area contributed by atoms with Crippen molar-refractivity contribution in [3.05, 3.63) is 24.3 Å². The minimum atomic E-state index is 0.802. The fraction of sp³-hybridized carbons (Fsp3) is 0.538. The Morgan fingerprint density at radius 3 is 2.62 bits per heavy atom. The van der Waals surface area contributed by atoms with Gasteiger partial charge in [-0.05, 0) is 37.8 Å². The molecule has 2 nitrogen and oxygen atoms in total. The third kappa shape index (κ3) is 4.90. The summed E-state index contributed by atoms with van der Waals surface area (Å²) in [4.78, 5) is 1.21. The first-order chi connectivity index (χ1) is 7.88. The van der Waals surface area contributed by atoms with Gasteiger partial charge in [-0.2, -0.15) is 0 Å². The maximum Gasteiger partial charge on any atom is 0.132 e. The normalized spacial score (nSPS) is 10.4. The van der Waals surface area contributed by atoms with Gasteiger partial charge in [0.2, 0.25) is 0 Å². The van der Waals surface area contributed by atoms with Crippen molar-refractivity contribution in [1.82, 2.24) is 0 Å². The summed E-state index contributed by atoms with van der Waals surface area (Å²) in [7, 11) is 0. The van der Waals surface area contributed by atoms with Gasteiger partial charge in [0.1, 0.15) is 5.75 Å². The summed E-state index contributed by atoms with van der Waals surface area (Å²) in [5, 5.41) is 0. The summed E-state index contributed by atoms with van der Waals surface area (Å²) >= 11 is 1.73. The van der Waals surface area contributed by atoms with Crippen LogP contribution in [0.4, 0.5) is 0 Å². The molecular formula is C13H21NOS. The highest BCUT2D eigenvalue weighted by Gasteiger charge is 2.00. The SMILES string of the molecule is CSc1ccccc1OCCCCCCN. The van der Waals surface area contributed by atoms with Crippen LogP contribution in [-0.2, 0) is 0 Å². The van der Waals surface area contributed by atoms with E-state index in [4.69, 9.17) is 10.5 Å². The zero-order valence-corrected chi connectivity index (χ0v) is 10.8. The first kappa shape index (κ1) is 13.4. The van der Waals surface area contributed by atoms with Gasteiger partial charge in [0.25, 0.3) is 0 Å². The second-order valence-corrected chi connectivity index (χ2v) is 4.55. The number of benzene rings is 1. The molecule has 0 saturated carbocycles. The second-order valence-electron chi connectivity index (χ2n) is 3.70. The Labute approximate surface area is 103 Å². The van der Waals surface area contributed by atoms with Gasteiger partial charge in [-0.25, -0.2) is 0 Å². The average Bonchev–Trinajstić information content (AvgIpc) is 2.34. The molecule has 0 saturated heterocycles. The van der Waals surface area contributed by atoms with Gasteiger partial charge in [-0.3, -0.25) is 0 Å². The molecule has 0 fully saturated rings. The fourth-order valence-corrected chi connectivity index (χ4v) is 2.06. The molecule has 0 spiro atoms. The van der Waals surface area contributed by atoms with Crippen molar-refractivity contribution in [3.8, 4) is 5.75 Å². The number of thioether (sulfide) groups is 1. The Morgan fingerprint density at radius 2 is 1.88 bits per heavy atom. The Bertz CT molecular complexity index is 291. The van der Waals surface area contributed by atoms with Crippen molar-refractivity contribution < 1.29 is 4.74 Å². The minimum absolute atomic E-state index is 0.802. The Hall–Kier alpha value is -0.670. The fourth-order valence-electron chi connectivity index (χ4n) is 1.52. The lowest BCUT2D eigenvalue weighted by Crippen LogP contribution is -2.00. The van der Waals surface area contributed by atoms with Crippen LogP contribution < -0.4 is 10.5 Å².